The van der Waals surface area contributed by atoms with Crippen molar-refractivity contribution in [3.8, 4) is 0 Å². The molecule has 0 spiro atoms. The van der Waals surface area contributed by atoms with Crippen molar-refractivity contribution in [1.29, 1.82) is 0 Å². The molecule has 1 fully saturated rings. The maximum atomic E-state index is 4.54. The highest BCUT2D eigenvalue weighted by molar-refractivity contribution is 14.1. The topological polar surface area (TPSA) is 44.8 Å². The molecule has 16 heavy (non-hydrogen) atoms. The number of alkyl halides is 1. The summed E-state index contributed by atoms with van der Waals surface area (Å²) in [5.74, 6) is 3.19. The average molecular weight is 334 g/mol. The molecule has 0 saturated carbocycles. The Morgan fingerprint density at radius 3 is 2.62 bits per heavy atom. The second-order valence-electron chi connectivity index (χ2n) is 4.76. The minimum Gasteiger partial charge on any atom is -0.340 e. The number of halogens is 1. The maximum Gasteiger partial charge on any atom is 0.244 e. The zero-order chi connectivity index (χ0) is 11.5. The normalized spacial score (nSPS) is 18.4. The Hall–Kier alpha value is -0.330. The highest BCUT2D eigenvalue weighted by Gasteiger charge is 2.21. The Morgan fingerprint density at radius 2 is 2.12 bits per heavy atom. The summed E-state index contributed by atoms with van der Waals surface area (Å²) in [7, 11) is 0. The molecule has 0 bridgehead atoms. The van der Waals surface area contributed by atoms with Gasteiger partial charge in [-0.3, -0.25) is 5.10 Å². The van der Waals surface area contributed by atoms with Crippen LogP contribution in [0.1, 0.15) is 38.4 Å². The molecule has 1 aromatic heterocycles. The van der Waals surface area contributed by atoms with E-state index in [1.54, 1.807) is 0 Å². The van der Waals surface area contributed by atoms with Crippen LogP contribution in [0.15, 0.2) is 0 Å². The fourth-order valence-corrected chi connectivity index (χ4v) is 2.83. The van der Waals surface area contributed by atoms with Crippen molar-refractivity contribution in [1.82, 2.24) is 15.2 Å². The average Bonchev–Trinajstić information content (AvgIpc) is 2.78. The van der Waals surface area contributed by atoms with Crippen LogP contribution in [0.2, 0.25) is 0 Å². The first-order valence-corrected chi connectivity index (χ1v) is 7.46. The molecule has 1 N–H and O–H groups in total. The molecular formula is C11H19IN4. The third-order valence-corrected chi connectivity index (χ3v) is 4.40. The van der Waals surface area contributed by atoms with Crippen molar-refractivity contribution < 1.29 is 0 Å². The molecule has 4 nitrogen and oxygen atoms in total. The minimum absolute atomic E-state index is 0.424. The Kier molecular flexibility index (Phi) is 4.05. The molecule has 0 radical (unpaired) electrons. The second-order valence-corrected chi connectivity index (χ2v) is 5.64. The lowest BCUT2D eigenvalue weighted by molar-refractivity contribution is 0.445. The van der Waals surface area contributed by atoms with Gasteiger partial charge in [-0.15, -0.1) is 5.10 Å². The van der Waals surface area contributed by atoms with Crippen LogP contribution in [0.5, 0.6) is 0 Å². The summed E-state index contributed by atoms with van der Waals surface area (Å²) >= 11 is 2.49. The van der Waals surface area contributed by atoms with Gasteiger partial charge in [0.05, 0.1) is 0 Å². The quantitative estimate of drug-likeness (QED) is 0.683. The predicted molar refractivity (Wildman–Crippen MR) is 74.3 cm³/mol. The largest absolute Gasteiger partial charge is 0.340 e. The number of aromatic nitrogens is 3. The van der Waals surface area contributed by atoms with Crippen LogP contribution in [0.25, 0.3) is 0 Å². The van der Waals surface area contributed by atoms with Gasteiger partial charge in [-0.05, 0) is 18.8 Å². The zero-order valence-electron chi connectivity index (χ0n) is 9.91. The molecular weight excluding hydrogens is 315 g/mol. The summed E-state index contributed by atoms with van der Waals surface area (Å²) in [6.45, 7) is 6.46. The Morgan fingerprint density at radius 1 is 1.44 bits per heavy atom. The molecule has 90 valence electrons. The van der Waals surface area contributed by atoms with Crippen molar-refractivity contribution in [2.24, 2.45) is 5.92 Å². The fourth-order valence-electron chi connectivity index (χ4n) is 1.95. The van der Waals surface area contributed by atoms with Crippen molar-refractivity contribution in [2.75, 3.05) is 22.4 Å². The fraction of sp³-hybridized carbons (Fsp3) is 0.818. The van der Waals surface area contributed by atoms with E-state index >= 15 is 0 Å². The van der Waals surface area contributed by atoms with E-state index in [0.29, 0.717) is 5.92 Å². The number of anilines is 1. The molecule has 0 unspecified atom stereocenters. The molecule has 1 aromatic rings. The van der Waals surface area contributed by atoms with Crippen LogP contribution in [0, 0.1) is 5.92 Å². The van der Waals surface area contributed by atoms with Crippen molar-refractivity contribution >= 4 is 28.5 Å². The number of hydrogen-bond donors (Lipinski definition) is 1. The molecule has 0 aromatic carbocycles. The zero-order valence-corrected chi connectivity index (χ0v) is 12.1. The maximum absolute atomic E-state index is 4.54. The minimum atomic E-state index is 0.424. The summed E-state index contributed by atoms with van der Waals surface area (Å²) in [5.41, 5.74) is 0. The highest BCUT2D eigenvalue weighted by Crippen LogP contribution is 2.22. The van der Waals surface area contributed by atoms with Gasteiger partial charge in [-0.2, -0.15) is 4.98 Å². The van der Waals surface area contributed by atoms with E-state index in [9.17, 15) is 0 Å². The molecule has 1 aliphatic heterocycles. The summed E-state index contributed by atoms with van der Waals surface area (Å²) in [6, 6.07) is 0. The number of hydrogen-bond acceptors (Lipinski definition) is 3. The summed E-state index contributed by atoms with van der Waals surface area (Å²) in [5, 5.41) is 7.32. The van der Waals surface area contributed by atoms with Crippen LogP contribution in [-0.2, 0) is 0 Å². The van der Waals surface area contributed by atoms with Crippen LogP contribution in [-0.4, -0.2) is 32.7 Å². The van der Waals surface area contributed by atoms with E-state index in [1.165, 1.54) is 17.3 Å². The summed E-state index contributed by atoms with van der Waals surface area (Å²) in [4.78, 5) is 6.84. The lowest BCUT2D eigenvalue weighted by Crippen LogP contribution is -2.34. The summed E-state index contributed by atoms with van der Waals surface area (Å²) in [6.07, 6.45) is 2.54. The van der Waals surface area contributed by atoms with Crippen LogP contribution in [0.4, 0.5) is 5.95 Å². The molecule has 2 heterocycles. The monoisotopic (exact) mass is 334 g/mol. The predicted octanol–water partition coefficient (Wildman–Crippen LogP) is 2.58. The standard InChI is InChI=1S/C11H19IN4/c1-8(2)10-13-11(15-14-10)16-5-3-9(7-12)4-6-16/h8-9H,3-7H2,1-2H3,(H,13,14,15). The molecule has 5 heteroatoms. The number of nitrogens with one attached hydrogen (secondary N) is 1. The van der Waals surface area contributed by atoms with E-state index in [1.807, 2.05) is 0 Å². The van der Waals surface area contributed by atoms with Crippen LogP contribution in [0.3, 0.4) is 0 Å². The van der Waals surface area contributed by atoms with E-state index in [2.05, 4.69) is 56.5 Å². The van der Waals surface area contributed by atoms with Gasteiger partial charge in [-0.1, -0.05) is 36.4 Å². The van der Waals surface area contributed by atoms with Gasteiger partial charge in [-0.25, -0.2) is 0 Å². The Bertz CT molecular complexity index is 328. The first-order valence-electron chi connectivity index (χ1n) is 5.94. The molecule has 0 amide bonds. The van der Waals surface area contributed by atoms with Crippen LogP contribution < -0.4 is 4.90 Å². The third-order valence-electron chi connectivity index (χ3n) is 3.15. The lowest BCUT2D eigenvalue weighted by Gasteiger charge is -2.30. The van der Waals surface area contributed by atoms with Gasteiger partial charge in [0.2, 0.25) is 5.95 Å². The highest BCUT2D eigenvalue weighted by atomic mass is 127. The van der Waals surface area contributed by atoms with E-state index in [-0.39, 0.29) is 0 Å². The smallest absolute Gasteiger partial charge is 0.244 e. The van der Waals surface area contributed by atoms with Gasteiger partial charge in [0.25, 0.3) is 0 Å². The third kappa shape index (κ3) is 2.67. The number of H-pyrrole nitrogens is 1. The molecule has 0 aliphatic carbocycles. The molecule has 0 atom stereocenters. The molecule has 1 aliphatic rings. The van der Waals surface area contributed by atoms with Crippen LogP contribution >= 0.6 is 22.6 Å². The van der Waals surface area contributed by atoms with Gasteiger partial charge >= 0.3 is 0 Å². The SMILES string of the molecule is CC(C)c1nc(N2CCC(CI)CC2)n[nH]1. The first-order chi connectivity index (χ1) is 7.70. The van der Waals surface area contributed by atoms with Gasteiger partial charge in [0, 0.05) is 23.4 Å². The second kappa shape index (κ2) is 5.33. The van der Waals surface area contributed by atoms with Crippen molar-refractivity contribution in [3.05, 3.63) is 5.82 Å². The van der Waals surface area contributed by atoms with E-state index < -0.39 is 0 Å². The van der Waals surface area contributed by atoms with Crippen molar-refractivity contribution in [2.45, 2.75) is 32.6 Å². The number of nitrogens with zero attached hydrogens (tertiary/aromatic N) is 3. The number of aromatic amines is 1. The molecule has 2 rings (SSSR count). The van der Waals surface area contributed by atoms with Gasteiger partial charge in [0.1, 0.15) is 5.82 Å². The lowest BCUT2D eigenvalue weighted by atomic mass is 10.00. The first kappa shape index (κ1) is 12.1. The summed E-state index contributed by atoms with van der Waals surface area (Å²) < 4.78 is 1.27. The Labute approximate surface area is 110 Å². The van der Waals surface area contributed by atoms with Gasteiger partial charge in [0.15, 0.2) is 0 Å². The van der Waals surface area contributed by atoms with E-state index in [0.717, 1.165) is 30.8 Å². The van der Waals surface area contributed by atoms with E-state index in [4.69, 9.17) is 0 Å². The number of rotatable bonds is 3. The van der Waals surface area contributed by atoms with Gasteiger partial charge < -0.3 is 4.90 Å². The Balaban J connectivity index is 1.97. The molecule has 1 saturated heterocycles. The van der Waals surface area contributed by atoms with Crippen molar-refractivity contribution in [3.63, 3.8) is 0 Å². The number of piperidine rings is 1.